The lowest BCUT2D eigenvalue weighted by atomic mass is 10.1. The van der Waals surface area contributed by atoms with Crippen LogP contribution in [0, 0.1) is 0 Å². The molecule has 0 spiro atoms. The maximum atomic E-state index is 12.9. The van der Waals surface area contributed by atoms with E-state index in [1.54, 1.807) is 23.0 Å². The van der Waals surface area contributed by atoms with Crippen LogP contribution >= 0.6 is 11.3 Å². The Labute approximate surface area is 174 Å². The van der Waals surface area contributed by atoms with E-state index in [4.69, 9.17) is 0 Å². The second kappa shape index (κ2) is 8.14. The van der Waals surface area contributed by atoms with Crippen LogP contribution in [-0.4, -0.2) is 36.3 Å². The number of sulfonamides is 1. The summed E-state index contributed by atoms with van der Waals surface area (Å²) in [6.45, 7) is 1.07. The molecule has 1 N–H and O–H groups in total. The molecular weight excluding hydrogens is 406 g/mol. The van der Waals surface area contributed by atoms with Gasteiger partial charge in [-0.3, -0.25) is 4.79 Å². The van der Waals surface area contributed by atoms with Crippen LogP contribution in [0.1, 0.15) is 29.8 Å². The molecule has 1 fully saturated rings. The number of carbonyl (C=O) groups is 1. The van der Waals surface area contributed by atoms with E-state index in [9.17, 15) is 13.2 Å². The van der Waals surface area contributed by atoms with Crippen LogP contribution in [0.25, 0.3) is 11.1 Å². The highest BCUT2D eigenvalue weighted by Gasteiger charge is 2.28. The lowest BCUT2D eigenvalue weighted by molar-refractivity contribution is 0.101. The molecular formula is C21H23N3O3S2. The van der Waals surface area contributed by atoms with Crippen LogP contribution < -0.4 is 5.32 Å². The minimum Gasteiger partial charge on any atom is -0.345 e. The molecule has 3 aromatic rings. The summed E-state index contributed by atoms with van der Waals surface area (Å²) < 4.78 is 28.9. The van der Waals surface area contributed by atoms with Crippen molar-refractivity contribution in [3.05, 3.63) is 59.0 Å². The molecule has 6 nitrogen and oxygen atoms in total. The summed E-state index contributed by atoms with van der Waals surface area (Å²) in [5.74, 6) is -0.338. The van der Waals surface area contributed by atoms with Crippen molar-refractivity contribution in [1.82, 2.24) is 8.87 Å². The molecule has 0 bridgehead atoms. The van der Waals surface area contributed by atoms with Crippen molar-refractivity contribution in [3.8, 4) is 11.1 Å². The first-order valence-corrected chi connectivity index (χ1v) is 11.9. The Morgan fingerprint density at radius 2 is 1.86 bits per heavy atom. The predicted octanol–water partition coefficient (Wildman–Crippen LogP) is 4.18. The van der Waals surface area contributed by atoms with Gasteiger partial charge in [0.15, 0.2) is 0 Å². The minimum absolute atomic E-state index is 0.166. The average Bonchev–Trinajstić information content (AvgIpc) is 3.39. The highest BCUT2D eigenvalue weighted by atomic mass is 32.2. The van der Waals surface area contributed by atoms with Gasteiger partial charge in [-0.15, -0.1) is 0 Å². The van der Waals surface area contributed by atoms with Gasteiger partial charge in [-0.2, -0.15) is 15.6 Å². The maximum Gasteiger partial charge on any atom is 0.272 e. The van der Waals surface area contributed by atoms with Crippen molar-refractivity contribution in [2.45, 2.75) is 24.2 Å². The number of aryl methyl sites for hydroxylation is 1. The normalized spacial score (nSPS) is 15.3. The van der Waals surface area contributed by atoms with Gasteiger partial charge in [0.1, 0.15) is 10.6 Å². The van der Waals surface area contributed by atoms with Gasteiger partial charge in [0.05, 0.1) is 0 Å². The smallest absolute Gasteiger partial charge is 0.272 e. The third-order valence-electron chi connectivity index (χ3n) is 5.14. The van der Waals surface area contributed by atoms with Gasteiger partial charge in [-0.25, -0.2) is 8.42 Å². The van der Waals surface area contributed by atoms with Crippen LogP contribution in [0.2, 0.25) is 0 Å². The quantitative estimate of drug-likeness (QED) is 0.661. The first kappa shape index (κ1) is 19.9. The van der Waals surface area contributed by atoms with E-state index in [2.05, 4.69) is 10.7 Å². The molecule has 29 heavy (non-hydrogen) atoms. The highest BCUT2D eigenvalue weighted by Crippen LogP contribution is 2.26. The molecule has 8 heteroatoms. The van der Waals surface area contributed by atoms with Gasteiger partial charge in [0.25, 0.3) is 5.91 Å². The van der Waals surface area contributed by atoms with Crippen LogP contribution in [0.5, 0.6) is 0 Å². The number of hydrogen-bond acceptors (Lipinski definition) is 4. The molecule has 1 saturated heterocycles. The Hall–Kier alpha value is -2.42. The lowest BCUT2D eigenvalue weighted by Gasteiger charge is -2.25. The molecule has 3 heterocycles. The zero-order valence-electron chi connectivity index (χ0n) is 16.2. The van der Waals surface area contributed by atoms with Crippen molar-refractivity contribution in [2.75, 3.05) is 18.4 Å². The molecule has 0 atom stereocenters. The highest BCUT2D eigenvalue weighted by molar-refractivity contribution is 7.89. The number of piperidine rings is 1. The van der Waals surface area contributed by atoms with E-state index in [-0.39, 0.29) is 10.8 Å². The van der Waals surface area contributed by atoms with Gasteiger partial charge >= 0.3 is 0 Å². The Morgan fingerprint density at radius 3 is 2.59 bits per heavy atom. The number of amides is 1. The first-order chi connectivity index (χ1) is 13.9. The summed E-state index contributed by atoms with van der Waals surface area (Å²) in [4.78, 5) is 13.0. The molecule has 2 aromatic heterocycles. The van der Waals surface area contributed by atoms with E-state index in [1.165, 1.54) is 16.6 Å². The fraction of sp³-hybridized carbons (Fsp3) is 0.286. The molecule has 1 amide bonds. The van der Waals surface area contributed by atoms with Gasteiger partial charge in [-0.05, 0) is 59.0 Å². The summed E-state index contributed by atoms with van der Waals surface area (Å²) in [5.41, 5.74) is 3.09. The SMILES string of the molecule is Cn1cc(S(=O)(=O)N2CCCCC2)cc1C(=O)Nc1cccc(-c2ccsc2)c1. The zero-order valence-corrected chi connectivity index (χ0v) is 17.8. The second-order valence-corrected chi connectivity index (χ2v) is 9.90. The van der Waals surface area contributed by atoms with Crippen molar-refractivity contribution in [3.63, 3.8) is 0 Å². The maximum absolute atomic E-state index is 12.9. The van der Waals surface area contributed by atoms with Crippen molar-refractivity contribution < 1.29 is 13.2 Å². The number of aromatic nitrogens is 1. The topological polar surface area (TPSA) is 71.4 Å². The number of nitrogens with zero attached hydrogens (tertiary/aromatic N) is 2. The number of thiophene rings is 1. The molecule has 0 saturated carbocycles. The Morgan fingerprint density at radius 1 is 1.07 bits per heavy atom. The molecule has 4 rings (SSSR count). The molecule has 0 unspecified atom stereocenters. The molecule has 1 aromatic carbocycles. The lowest BCUT2D eigenvalue weighted by Crippen LogP contribution is -2.35. The molecule has 0 aliphatic carbocycles. The Kier molecular flexibility index (Phi) is 5.58. The summed E-state index contributed by atoms with van der Waals surface area (Å²) in [5, 5.41) is 6.94. The third kappa shape index (κ3) is 4.14. The van der Waals surface area contributed by atoms with E-state index in [1.807, 2.05) is 35.7 Å². The molecule has 0 radical (unpaired) electrons. The number of hydrogen-bond donors (Lipinski definition) is 1. The zero-order chi connectivity index (χ0) is 20.4. The summed E-state index contributed by atoms with van der Waals surface area (Å²) in [7, 11) is -1.89. The van der Waals surface area contributed by atoms with Gasteiger partial charge in [0.2, 0.25) is 10.0 Å². The average molecular weight is 430 g/mol. The minimum atomic E-state index is -3.57. The number of benzene rings is 1. The Balaban J connectivity index is 1.55. The second-order valence-electron chi connectivity index (χ2n) is 7.18. The number of anilines is 1. The number of carbonyl (C=O) groups excluding carboxylic acids is 1. The number of nitrogens with one attached hydrogen (secondary N) is 1. The van der Waals surface area contributed by atoms with E-state index in [0.717, 1.165) is 30.4 Å². The van der Waals surface area contributed by atoms with E-state index < -0.39 is 10.0 Å². The van der Waals surface area contributed by atoms with Crippen LogP contribution in [-0.2, 0) is 17.1 Å². The standard InChI is InChI=1S/C21H23N3O3S2/c1-23-14-19(29(26,27)24-9-3-2-4-10-24)13-20(23)21(25)22-18-7-5-6-16(12-18)17-8-11-28-15-17/h5-8,11-15H,2-4,9-10H2,1H3,(H,22,25). The van der Waals surface area contributed by atoms with Gasteiger partial charge in [0, 0.05) is 32.0 Å². The fourth-order valence-corrected chi connectivity index (χ4v) is 5.81. The summed E-state index contributed by atoms with van der Waals surface area (Å²) in [6.07, 6.45) is 4.32. The van der Waals surface area contributed by atoms with Crippen LogP contribution in [0.15, 0.2) is 58.3 Å². The first-order valence-electron chi connectivity index (χ1n) is 9.56. The van der Waals surface area contributed by atoms with E-state index >= 15 is 0 Å². The molecule has 1 aliphatic heterocycles. The molecule has 1 aliphatic rings. The van der Waals surface area contributed by atoms with Crippen molar-refractivity contribution in [2.24, 2.45) is 7.05 Å². The summed E-state index contributed by atoms with van der Waals surface area (Å²) in [6, 6.07) is 11.1. The van der Waals surface area contributed by atoms with Gasteiger partial charge in [-0.1, -0.05) is 18.6 Å². The Bertz CT molecular complexity index is 1110. The fourth-order valence-electron chi connectivity index (χ4n) is 3.56. The van der Waals surface area contributed by atoms with Gasteiger partial charge < -0.3 is 9.88 Å². The number of rotatable bonds is 5. The predicted molar refractivity (Wildman–Crippen MR) is 116 cm³/mol. The van der Waals surface area contributed by atoms with E-state index in [0.29, 0.717) is 24.5 Å². The van der Waals surface area contributed by atoms with Crippen LogP contribution in [0.3, 0.4) is 0 Å². The largest absolute Gasteiger partial charge is 0.345 e. The molecule has 152 valence electrons. The van der Waals surface area contributed by atoms with Crippen molar-refractivity contribution >= 4 is 33.0 Å². The van der Waals surface area contributed by atoms with Crippen LogP contribution in [0.4, 0.5) is 5.69 Å². The summed E-state index contributed by atoms with van der Waals surface area (Å²) >= 11 is 1.62. The third-order valence-corrected chi connectivity index (χ3v) is 7.69. The monoisotopic (exact) mass is 429 g/mol. The van der Waals surface area contributed by atoms with Crippen molar-refractivity contribution in [1.29, 1.82) is 0 Å².